The normalized spacial score (nSPS) is 16.3. The third kappa shape index (κ3) is 3.36. The van der Waals surface area contributed by atoms with Gasteiger partial charge in [-0.1, -0.05) is 40.2 Å². The minimum absolute atomic E-state index is 0.163. The van der Waals surface area contributed by atoms with E-state index in [1.165, 1.54) is 0 Å². The van der Waals surface area contributed by atoms with E-state index in [-0.39, 0.29) is 13.2 Å². The van der Waals surface area contributed by atoms with E-state index in [9.17, 15) is 4.79 Å². The highest BCUT2D eigenvalue weighted by Gasteiger charge is 2.28. The zero-order valence-electron chi connectivity index (χ0n) is 11.1. The molecule has 0 fully saturated rings. The van der Waals surface area contributed by atoms with Gasteiger partial charge in [-0.05, 0) is 29.8 Å². The average Bonchev–Trinajstić information content (AvgIpc) is 2.53. The first-order valence-electron chi connectivity index (χ1n) is 6.52. The fourth-order valence-corrected chi connectivity index (χ4v) is 2.23. The highest BCUT2D eigenvalue weighted by molar-refractivity contribution is 9.10. The van der Waals surface area contributed by atoms with Crippen LogP contribution in [0.15, 0.2) is 53.0 Å². The van der Waals surface area contributed by atoms with Crippen molar-refractivity contribution in [3.63, 3.8) is 0 Å². The predicted molar refractivity (Wildman–Crippen MR) is 80.3 cm³/mol. The number of carbonyl (C=O) groups is 1. The second kappa shape index (κ2) is 6.18. The van der Waals surface area contributed by atoms with Gasteiger partial charge in [-0.3, -0.25) is 0 Å². The summed E-state index contributed by atoms with van der Waals surface area (Å²) in [6.45, 7) is 0.379. The summed E-state index contributed by atoms with van der Waals surface area (Å²) in [5.41, 5.74) is 0.920. The van der Waals surface area contributed by atoms with Gasteiger partial charge in [0, 0.05) is 4.47 Å². The molecule has 21 heavy (non-hydrogen) atoms. The maximum atomic E-state index is 12.0. The molecular formula is C16H13BrO4. The molecule has 0 N–H and O–H groups in total. The van der Waals surface area contributed by atoms with Gasteiger partial charge in [-0.2, -0.15) is 0 Å². The molecule has 1 atom stereocenters. The monoisotopic (exact) mass is 348 g/mol. The van der Waals surface area contributed by atoms with Crippen LogP contribution >= 0.6 is 15.9 Å². The van der Waals surface area contributed by atoms with Gasteiger partial charge in [0.2, 0.25) is 6.10 Å². The Bertz CT molecular complexity index is 639. The number of para-hydroxylation sites is 2. The van der Waals surface area contributed by atoms with Crippen molar-refractivity contribution in [1.29, 1.82) is 0 Å². The van der Waals surface area contributed by atoms with Crippen molar-refractivity contribution in [2.24, 2.45) is 0 Å². The highest BCUT2D eigenvalue weighted by atomic mass is 79.9. The molecule has 0 radical (unpaired) electrons. The molecule has 108 valence electrons. The van der Waals surface area contributed by atoms with E-state index in [1.54, 1.807) is 12.1 Å². The van der Waals surface area contributed by atoms with Crippen molar-refractivity contribution in [2.45, 2.75) is 12.7 Å². The van der Waals surface area contributed by atoms with Crippen molar-refractivity contribution < 1.29 is 19.0 Å². The Morgan fingerprint density at radius 1 is 1.14 bits per heavy atom. The topological polar surface area (TPSA) is 44.8 Å². The molecule has 3 rings (SSSR count). The summed E-state index contributed by atoms with van der Waals surface area (Å²) < 4.78 is 17.3. The summed E-state index contributed by atoms with van der Waals surface area (Å²) in [5, 5.41) is 0. The van der Waals surface area contributed by atoms with Crippen LogP contribution in [0.1, 0.15) is 5.56 Å². The number of benzene rings is 2. The number of esters is 1. The number of hydrogen-bond acceptors (Lipinski definition) is 4. The predicted octanol–water partition coefficient (Wildman–Crippen LogP) is 3.33. The second-order valence-electron chi connectivity index (χ2n) is 4.60. The van der Waals surface area contributed by atoms with Crippen LogP contribution < -0.4 is 9.47 Å². The Balaban J connectivity index is 1.58. The van der Waals surface area contributed by atoms with Crippen LogP contribution in [0, 0.1) is 0 Å². The first-order valence-corrected chi connectivity index (χ1v) is 7.31. The van der Waals surface area contributed by atoms with Crippen LogP contribution in [0.25, 0.3) is 0 Å². The van der Waals surface area contributed by atoms with Crippen LogP contribution in [-0.4, -0.2) is 18.7 Å². The van der Waals surface area contributed by atoms with E-state index in [4.69, 9.17) is 14.2 Å². The lowest BCUT2D eigenvalue weighted by Crippen LogP contribution is -2.37. The lowest BCUT2D eigenvalue weighted by molar-refractivity contribution is -0.155. The molecule has 0 spiro atoms. The largest absolute Gasteiger partial charge is 0.485 e. The molecule has 4 nitrogen and oxygen atoms in total. The zero-order chi connectivity index (χ0) is 14.7. The SMILES string of the molecule is O=C(OCc1ccc(Br)cc1)[C@@H]1COc2ccccc2O1. The number of fused-ring (bicyclic) bond motifs is 1. The Kier molecular flexibility index (Phi) is 4.10. The lowest BCUT2D eigenvalue weighted by atomic mass is 10.2. The fraction of sp³-hybridized carbons (Fsp3) is 0.188. The van der Waals surface area contributed by atoms with E-state index < -0.39 is 12.1 Å². The van der Waals surface area contributed by atoms with Gasteiger partial charge in [-0.15, -0.1) is 0 Å². The quantitative estimate of drug-likeness (QED) is 0.798. The summed E-state index contributed by atoms with van der Waals surface area (Å²) in [7, 11) is 0. The summed E-state index contributed by atoms with van der Waals surface area (Å²) in [5.74, 6) is 0.788. The molecule has 1 heterocycles. The third-order valence-corrected chi connectivity index (χ3v) is 3.59. The van der Waals surface area contributed by atoms with E-state index in [1.807, 2.05) is 36.4 Å². The molecule has 0 aromatic heterocycles. The minimum atomic E-state index is -0.727. The molecule has 0 aliphatic carbocycles. The molecule has 0 bridgehead atoms. The first-order chi connectivity index (χ1) is 10.2. The van der Waals surface area contributed by atoms with E-state index >= 15 is 0 Å². The standard InChI is InChI=1S/C16H13BrO4/c17-12-7-5-11(6-8-12)9-20-16(18)15-10-19-13-3-1-2-4-14(13)21-15/h1-8,15H,9-10H2/t15-/m0/s1. The van der Waals surface area contributed by atoms with Crippen LogP contribution in [0.5, 0.6) is 11.5 Å². The Hall–Kier alpha value is -2.01. The third-order valence-electron chi connectivity index (χ3n) is 3.07. The summed E-state index contributed by atoms with van der Waals surface area (Å²) in [4.78, 5) is 12.0. The van der Waals surface area contributed by atoms with Crippen molar-refractivity contribution >= 4 is 21.9 Å². The molecular weight excluding hydrogens is 336 g/mol. The molecule has 2 aromatic carbocycles. The van der Waals surface area contributed by atoms with E-state index in [0.29, 0.717) is 11.5 Å². The van der Waals surface area contributed by atoms with Gasteiger partial charge >= 0.3 is 5.97 Å². The molecule has 0 unspecified atom stereocenters. The van der Waals surface area contributed by atoms with Gasteiger partial charge < -0.3 is 14.2 Å². The molecule has 1 aliphatic heterocycles. The molecule has 2 aromatic rings. The summed E-state index contributed by atoms with van der Waals surface area (Å²) in [6, 6.07) is 14.9. The number of ether oxygens (including phenoxy) is 3. The maximum Gasteiger partial charge on any atom is 0.351 e. The van der Waals surface area contributed by atoms with Crippen LogP contribution in [-0.2, 0) is 16.1 Å². The minimum Gasteiger partial charge on any atom is -0.485 e. The highest BCUT2D eigenvalue weighted by Crippen LogP contribution is 2.31. The smallest absolute Gasteiger partial charge is 0.351 e. The fourth-order valence-electron chi connectivity index (χ4n) is 1.96. The molecule has 0 saturated heterocycles. The van der Waals surface area contributed by atoms with Crippen molar-refractivity contribution in [3.05, 3.63) is 58.6 Å². The molecule has 5 heteroatoms. The van der Waals surface area contributed by atoms with Gasteiger partial charge in [-0.25, -0.2) is 4.79 Å². The van der Waals surface area contributed by atoms with Crippen LogP contribution in [0.2, 0.25) is 0 Å². The van der Waals surface area contributed by atoms with Gasteiger partial charge in [0.05, 0.1) is 0 Å². The first kappa shape index (κ1) is 13.9. The second-order valence-corrected chi connectivity index (χ2v) is 5.51. The van der Waals surface area contributed by atoms with Gasteiger partial charge in [0.1, 0.15) is 13.2 Å². The number of carbonyl (C=O) groups excluding carboxylic acids is 1. The molecule has 0 amide bonds. The van der Waals surface area contributed by atoms with Crippen LogP contribution in [0.3, 0.4) is 0 Å². The number of rotatable bonds is 3. The Labute approximate surface area is 130 Å². The Morgan fingerprint density at radius 2 is 1.86 bits per heavy atom. The lowest BCUT2D eigenvalue weighted by Gasteiger charge is -2.24. The number of hydrogen-bond donors (Lipinski definition) is 0. The van der Waals surface area contributed by atoms with E-state index in [2.05, 4.69) is 15.9 Å². The van der Waals surface area contributed by atoms with Gasteiger partial charge in [0.15, 0.2) is 11.5 Å². The molecule has 0 saturated carbocycles. The average molecular weight is 349 g/mol. The van der Waals surface area contributed by atoms with E-state index in [0.717, 1.165) is 10.0 Å². The zero-order valence-corrected chi connectivity index (χ0v) is 12.7. The molecule has 1 aliphatic rings. The summed E-state index contributed by atoms with van der Waals surface area (Å²) >= 11 is 3.36. The Morgan fingerprint density at radius 3 is 2.62 bits per heavy atom. The van der Waals surface area contributed by atoms with Crippen LogP contribution in [0.4, 0.5) is 0 Å². The number of halogens is 1. The van der Waals surface area contributed by atoms with Crippen molar-refractivity contribution in [1.82, 2.24) is 0 Å². The van der Waals surface area contributed by atoms with Crippen molar-refractivity contribution in [2.75, 3.05) is 6.61 Å². The maximum absolute atomic E-state index is 12.0. The summed E-state index contributed by atoms with van der Waals surface area (Å²) in [6.07, 6.45) is -0.727. The van der Waals surface area contributed by atoms with Crippen molar-refractivity contribution in [3.8, 4) is 11.5 Å². The van der Waals surface area contributed by atoms with Gasteiger partial charge in [0.25, 0.3) is 0 Å².